The first-order chi connectivity index (χ1) is 5.90. The highest BCUT2D eigenvalue weighted by atomic mass is 35.5. The molecule has 0 bridgehead atoms. The van der Waals surface area contributed by atoms with Gasteiger partial charge in [0.2, 0.25) is 0 Å². The third-order valence-electron chi connectivity index (χ3n) is 2.04. The topological polar surface area (TPSA) is 136 Å². The maximum absolute atomic E-state index is 9.20. The van der Waals surface area contributed by atoms with Crippen molar-refractivity contribution in [3.63, 3.8) is 0 Å². The average Bonchev–Trinajstić information content (AvgIpc) is 2.08. The van der Waals surface area contributed by atoms with Crippen molar-refractivity contribution in [1.82, 2.24) is 0 Å². The second kappa shape index (κ2) is 4.69. The summed E-state index contributed by atoms with van der Waals surface area (Å²) in [5.41, 5.74) is 5.15. The highest BCUT2D eigenvalue weighted by Gasteiger charge is 2.50. The normalized spacial score (nSPS) is 41.6. The molecule has 8 heteroatoms. The molecule has 1 aliphatic rings. The molecule has 0 unspecified atom stereocenters. The van der Waals surface area contributed by atoms with Gasteiger partial charge in [-0.05, 0) is 0 Å². The number of rotatable bonds is 1. The molecule has 7 nitrogen and oxygen atoms in total. The minimum atomic E-state index is -2.73. The first-order valence-corrected chi connectivity index (χ1v) is 3.75. The van der Waals surface area contributed by atoms with Gasteiger partial charge in [-0.1, -0.05) is 0 Å². The van der Waals surface area contributed by atoms with E-state index in [9.17, 15) is 10.2 Å². The minimum absolute atomic E-state index is 0. The molecule has 14 heavy (non-hydrogen) atoms. The van der Waals surface area contributed by atoms with Crippen molar-refractivity contribution in [3.8, 4) is 0 Å². The highest BCUT2D eigenvalue weighted by molar-refractivity contribution is 5.85. The van der Waals surface area contributed by atoms with E-state index in [1.54, 1.807) is 0 Å². The summed E-state index contributed by atoms with van der Waals surface area (Å²) in [5, 5.41) is 45.2. The smallest absolute Gasteiger partial charge is 0.297 e. The predicted octanol–water partition coefficient (Wildman–Crippen LogP) is -3.51. The van der Waals surface area contributed by atoms with E-state index < -0.39 is 36.9 Å². The molecule has 4 atom stereocenters. The van der Waals surface area contributed by atoms with Crippen LogP contribution < -0.4 is 5.73 Å². The highest BCUT2D eigenvalue weighted by Crippen LogP contribution is 2.24. The Morgan fingerprint density at radius 1 is 1.21 bits per heavy atom. The number of aliphatic hydroxyl groups is 5. The van der Waals surface area contributed by atoms with E-state index in [1.165, 1.54) is 0 Å². The quantitative estimate of drug-likeness (QED) is 0.258. The molecule has 1 heterocycles. The summed E-state index contributed by atoms with van der Waals surface area (Å²) in [4.78, 5) is 0. The van der Waals surface area contributed by atoms with Crippen molar-refractivity contribution < 1.29 is 30.3 Å². The lowest BCUT2D eigenvalue weighted by molar-refractivity contribution is -0.406. The molecule has 0 amide bonds. The lowest BCUT2D eigenvalue weighted by Crippen LogP contribution is -2.68. The van der Waals surface area contributed by atoms with Gasteiger partial charge in [-0.25, -0.2) is 0 Å². The van der Waals surface area contributed by atoms with Crippen LogP contribution in [0.15, 0.2) is 0 Å². The molecule has 0 radical (unpaired) electrons. The average molecular weight is 232 g/mol. The van der Waals surface area contributed by atoms with Crippen LogP contribution in [0, 0.1) is 0 Å². The molecule has 1 saturated heterocycles. The number of ether oxygens (including phenoxy) is 1. The van der Waals surface area contributed by atoms with Gasteiger partial charge in [0.05, 0.1) is 6.61 Å². The van der Waals surface area contributed by atoms with Crippen LogP contribution in [0.2, 0.25) is 0 Å². The minimum Gasteiger partial charge on any atom is -0.394 e. The van der Waals surface area contributed by atoms with Crippen LogP contribution in [0.25, 0.3) is 0 Å². The summed E-state index contributed by atoms with van der Waals surface area (Å²) in [6.07, 6.45) is -4.25. The summed E-state index contributed by atoms with van der Waals surface area (Å²) in [7, 11) is 0. The molecule has 0 aliphatic carbocycles. The fourth-order valence-electron chi connectivity index (χ4n) is 1.17. The Morgan fingerprint density at radius 2 is 1.71 bits per heavy atom. The number of nitrogens with two attached hydrogens (primary N) is 1. The molecule has 0 aromatic rings. The standard InChI is InChI=1S/C6H13NO6.ClH/c7-5-4(10)3(9)2(1-8)13-6(5,11)12;/h2-5,8-12H,1,7H2;1H/t2-,3-,4+,5-;/m1./s1. The van der Waals surface area contributed by atoms with Crippen LogP contribution in [0.3, 0.4) is 0 Å². The predicted molar refractivity (Wildman–Crippen MR) is 46.4 cm³/mol. The Morgan fingerprint density at radius 3 is 2.14 bits per heavy atom. The summed E-state index contributed by atoms with van der Waals surface area (Å²) in [6, 6.07) is -1.54. The van der Waals surface area contributed by atoms with E-state index in [0.29, 0.717) is 0 Å². The summed E-state index contributed by atoms with van der Waals surface area (Å²) >= 11 is 0. The van der Waals surface area contributed by atoms with E-state index in [0.717, 1.165) is 0 Å². The maximum atomic E-state index is 9.20. The zero-order valence-electron chi connectivity index (χ0n) is 7.15. The number of halogens is 1. The summed E-state index contributed by atoms with van der Waals surface area (Å²) < 4.78 is 4.44. The third kappa shape index (κ3) is 2.33. The lowest BCUT2D eigenvalue weighted by Gasteiger charge is -2.42. The first kappa shape index (κ1) is 14.0. The third-order valence-corrected chi connectivity index (χ3v) is 2.04. The van der Waals surface area contributed by atoms with Gasteiger partial charge in [-0.15, -0.1) is 12.4 Å². The largest absolute Gasteiger partial charge is 0.394 e. The molecule has 0 spiro atoms. The van der Waals surface area contributed by atoms with Gasteiger partial charge in [-0.3, -0.25) is 0 Å². The van der Waals surface area contributed by atoms with E-state index in [1.807, 2.05) is 0 Å². The van der Waals surface area contributed by atoms with Crippen LogP contribution in [0.5, 0.6) is 0 Å². The Bertz CT molecular complexity index is 189. The number of aliphatic hydroxyl groups excluding tert-OH is 3. The van der Waals surface area contributed by atoms with Gasteiger partial charge in [0.25, 0.3) is 5.97 Å². The molecule has 0 aromatic heterocycles. The summed E-state index contributed by atoms with van der Waals surface area (Å²) in [6.45, 7) is -0.645. The van der Waals surface area contributed by atoms with Crippen LogP contribution in [0.4, 0.5) is 0 Å². The molecule has 7 N–H and O–H groups in total. The fourth-order valence-corrected chi connectivity index (χ4v) is 1.17. The van der Waals surface area contributed by atoms with Gasteiger partial charge >= 0.3 is 0 Å². The second-order valence-corrected chi connectivity index (χ2v) is 3.00. The Balaban J connectivity index is 0.00000169. The fraction of sp³-hybridized carbons (Fsp3) is 1.00. The van der Waals surface area contributed by atoms with Gasteiger partial charge in [-0.2, -0.15) is 0 Å². The van der Waals surface area contributed by atoms with Gasteiger partial charge in [0.1, 0.15) is 24.4 Å². The van der Waals surface area contributed by atoms with Crippen molar-refractivity contribution in [2.24, 2.45) is 5.73 Å². The van der Waals surface area contributed by atoms with Crippen molar-refractivity contribution in [2.45, 2.75) is 30.3 Å². The first-order valence-electron chi connectivity index (χ1n) is 3.75. The van der Waals surface area contributed by atoms with Crippen LogP contribution >= 0.6 is 12.4 Å². The van der Waals surface area contributed by atoms with Gasteiger partial charge < -0.3 is 36.0 Å². The molecule has 0 saturated carbocycles. The molecular weight excluding hydrogens is 218 g/mol. The van der Waals surface area contributed by atoms with E-state index >= 15 is 0 Å². The number of hydrogen-bond acceptors (Lipinski definition) is 7. The summed E-state index contributed by atoms with van der Waals surface area (Å²) in [5.74, 6) is -2.73. The molecule has 1 fully saturated rings. The van der Waals surface area contributed by atoms with Crippen molar-refractivity contribution in [3.05, 3.63) is 0 Å². The molecule has 1 aliphatic heterocycles. The lowest BCUT2D eigenvalue weighted by atomic mass is 9.96. The monoisotopic (exact) mass is 231 g/mol. The van der Waals surface area contributed by atoms with E-state index in [2.05, 4.69) is 4.74 Å². The van der Waals surface area contributed by atoms with Crippen molar-refractivity contribution >= 4 is 12.4 Å². The zero-order chi connectivity index (χ0) is 10.2. The van der Waals surface area contributed by atoms with Crippen molar-refractivity contribution in [1.29, 1.82) is 0 Å². The van der Waals surface area contributed by atoms with E-state index in [-0.39, 0.29) is 12.4 Å². The SMILES string of the molecule is Cl.N[C@@H]1[C@@H](O)[C@H](O)[C@@H](CO)OC1(O)O. The van der Waals surface area contributed by atoms with Crippen LogP contribution in [-0.2, 0) is 4.74 Å². The van der Waals surface area contributed by atoms with Gasteiger partial charge in [0.15, 0.2) is 0 Å². The molecular formula is C6H14ClNO6. The van der Waals surface area contributed by atoms with Crippen LogP contribution in [-0.4, -0.2) is 62.5 Å². The van der Waals surface area contributed by atoms with Crippen LogP contribution in [0.1, 0.15) is 0 Å². The molecule has 86 valence electrons. The Labute approximate surface area is 86.1 Å². The number of hydrogen-bond donors (Lipinski definition) is 6. The van der Waals surface area contributed by atoms with Crippen molar-refractivity contribution in [2.75, 3.05) is 6.61 Å². The van der Waals surface area contributed by atoms with E-state index in [4.69, 9.17) is 21.1 Å². The maximum Gasteiger partial charge on any atom is 0.297 e. The van der Waals surface area contributed by atoms with Gasteiger partial charge in [0, 0.05) is 0 Å². The molecule has 0 aromatic carbocycles. The zero-order valence-corrected chi connectivity index (χ0v) is 7.96. The Hall–Kier alpha value is 0.01000. The second-order valence-electron chi connectivity index (χ2n) is 3.00. The Kier molecular flexibility index (Phi) is 4.69. The molecule has 1 rings (SSSR count).